The highest BCUT2D eigenvalue weighted by Gasteiger charge is 2.08. The molecule has 0 atom stereocenters. The maximum Gasteiger partial charge on any atom is 0.268 e. The number of H-pyrrole nitrogens is 1. The third-order valence-electron chi connectivity index (χ3n) is 2.04. The average Bonchev–Trinajstić information content (AvgIpc) is 2.48. The summed E-state index contributed by atoms with van der Waals surface area (Å²) in [6.07, 6.45) is 1.69. The quantitative estimate of drug-likeness (QED) is 0.784. The second kappa shape index (κ2) is 3.13. The van der Waals surface area contributed by atoms with Gasteiger partial charge in [-0.15, -0.1) is 0 Å². The predicted molar refractivity (Wildman–Crippen MR) is 55.7 cm³/mol. The number of aromatic amines is 1. The molecule has 0 unspecified atom stereocenters. The van der Waals surface area contributed by atoms with Crippen molar-refractivity contribution in [1.82, 2.24) is 14.8 Å². The summed E-state index contributed by atoms with van der Waals surface area (Å²) in [5.41, 5.74) is 0.441. The van der Waals surface area contributed by atoms with Crippen LogP contribution in [0.25, 0.3) is 11.0 Å². The molecule has 5 heteroatoms. The molecular formula is C9H10ClN3O. The van der Waals surface area contributed by atoms with Crippen molar-refractivity contribution in [2.24, 2.45) is 0 Å². The van der Waals surface area contributed by atoms with Crippen LogP contribution in [0.5, 0.6) is 0 Å². The average molecular weight is 212 g/mol. The van der Waals surface area contributed by atoms with Crippen LogP contribution in [-0.4, -0.2) is 14.8 Å². The second-order valence-corrected chi connectivity index (χ2v) is 3.84. The molecule has 0 radical (unpaired) electrons. The number of hydrogen-bond donors (Lipinski definition) is 1. The summed E-state index contributed by atoms with van der Waals surface area (Å²) < 4.78 is 1.76. The Morgan fingerprint density at radius 3 is 2.93 bits per heavy atom. The molecule has 0 aliphatic carbocycles. The molecular weight excluding hydrogens is 202 g/mol. The van der Waals surface area contributed by atoms with E-state index in [1.807, 2.05) is 13.8 Å². The monoisotopic (exact) mass is 211 g/mol. The van der Waals surface area contributed by atoms with Gasteiger partial charge in [0.15, 0.2) is 0 Å². The van der Waals surface area contributed by atoms with Gasteiger partial charge in [0.25, 0.3) is 5.56 Å². The number of rotatable bonds is 1. The molecule has 1 N–H and O–H groups in total. The van der Waals surface area contributed by atoms with Crippen LogP contribution in [0.15, 0.2) is 17.1 Å². The standard InChI is InChI=1S/C9H10ClN3O/c1-5(2)13-8-6(4-11-13)3-7(10)9(14)12-8/h3-5H,1-2H3,(H,12,14). The highest BCUT2D eigenvalue weighted by Crippen LogP contribution is 2.16. The van der Waals surface area contributed by atoms with E-state index in [0.29, 0.717) is 0 Å². The first-order chi connectivity index (χ1) is 6.59. The van der Waals surface area contributed by atoms with Gasteiger partial charge in [-0.2, -0.15) is 5.10 Å². The van der Waals surface area contributed by atoms with E-state index in [2.05, 4.69) is 10.1 Å². The molecule has 0 aromatic carbocycles. The smallest absolute Gasteiger partial charge is 0.268 e. The minimum absolute atomic E-state index is 0.195. The first kappa shape index (κ1) is 9.27. The topological polar surface area (TPSA) is 50.7 Å². The Labute approximate surface area is 85.5 Å². The number of fused-ring (bicyclic) bond motifs is 1. The van der Waals surface area contributed by atoms with Gasteiger partial charge in [-0.25, -0.2) is 4.68 Å². The molecule has 2 heterocycles. The number of halogens is 1. The third-order valence-corrected chi connectivity index (χ3v) is 2.32. The summed E-state index contributed by atoms with van der Waals surface area (Å²) in [6, 6.07) is 1.84. The second-order valence-electron chi connectivity index (χ2n) is 3.43. The Balaban J connectivity index is 2.80. The molecule has 2 aromatic rings. The van der Waals surface area contributed by atoms with Crippen molar-refractivity contribution in [3.63, 3.8) is 0 Å². The molecule has 2 aromatic heterocycles. The fraction of sp³-hybridized carbons (Fsp3) is 0.333. The van der Waals surface area contributed by atoms with E-state index in [9.17, 15) is 4.79 Å². The highest BCUT2D eigenvalue weighted by molar-refractivity contribution is 6.30. The van der Waals surface area contributed by atoms with Crippen LogP contribution in [-0.2, 0) is 0 Å². The largest absolute Gasteiger partial charge is 0.305 e. The van der Waals surface area contributed by atoms with Gasteiger partial charge in [0.2, 0.25) is 0 Å². The fourth-order valence-electron chi connectivity index (χ4n) is 1.37. The molecule has 0 fully saturated rings. The number of hydrogen-bond acceptors (Lipinski definition) is 2. The van der Waals surface area contributed by atoms with Crippen molar-refractivity contribution in [2.75, 3.05) is 0 Å². The number of nitrogens with one attached hydrogen (secondary N) is 1. The Morgan fingerprint density at radius 2 is 2.29 bits per heavy atom. The summed E-state index contributed by atoms with van der Waals surface area (Å²) in [5, 5.41) is 5.21. The van der Waals surface area contributed by atoms with Gasteiger partial charge < -0.3 is 4.98 Å². The SMILES string of the molecule is CC(C)n1ncc2cc(Cl)c(=O)[nH]c21. The van der Waals surface area contributed by atoms with Crippen LogP contribution >= 0.6 is 11.6 Å². The van der Waals surface area contributed by atoms with Crippen molar-refractivity contribution in [2.45, 2.75) is 19.9 Å². The Hall–Kier alpha value is -1.29. The summed E-state index contributed by atoms with van der Waals surface area (Å²) in [6.45, 7) is 4.00. The first-order valence-corrected chi connectivity index (χ1v) is 4.73. The van der Waals surface area contributed by atoms with Gasteiger partial charge in [-0.1, -0.05) is 11.6 Å². The van der Waals surface area contributed by atoms with Gasteiger partial charge >= 0.3 is 0 Å². The van der Waals surface area contributed by atoms with Crippen LogP contribution in [0.3, 0.4) is 0 Å². The summed E-state index contributed by atoms with van der Waals surface area (Å²) in [4.78, 5) is 14.0. The van der Waals surface area contributed by atoms with E-state index in [1.54, 1.807) is 16.9 Å². The molecule has 0 saturated heterocycles. The molecule has 4 nitrogen and oxygen atoms in total. The van der Waals surface area contributed by atoms with E-state index in [1.165, 1.54) is 0 Å². The minimum atomic E-state index is -0.276. The van der Waals surface area contributed by atoms with Crippen LogP contribution in [0.4, 0.5) is 0 Å². The van der Waals surface area contributed by atoms with Crippen molar-refractivity contribution >= 4 is 22.6 Å². The van der Waals surface area contributed by atoms with Gasteiger partial charge in [0, 0.05) is 11.4 Å². The maximum atomic E-state index is 11.3. The predicted octanol–water partition coefficient (Wildman–Crippen LogP) is 1.96. The lowest BCUT2D eigenvalue weighted by Gasteiger charge is -2.05. The normalized spacial score (nSPS) is 11.4. The van der Waals surface area contributed by atoms with Crippen LogP contribution in [0.2, 0.25) is 5.02 Å². The molecule has 0 bridgehead atoms. The summed E-state index contributed by atoms with van der Waals surface area (Å²) >= 11 is 5.70. The number of pyridine rings is 1. The Morgan fingerprint density at radius 1 is 1.57 bits per heavy atom. The van der Waals surface area contributed by atoms with Gasteiger partial charge in [0.05, 0.1) is 6.20 Å². The zero-order chi connectivity index (χ0) is 10.3. The number of nitrogens with zero attached hydrogens (tertiary/aromatic N) is 2. The molecule has 0 saturated carbocycles. The van der Waals surface area contributed by atoms with Gasteiger partial charge in [0.1, 0.15) is 10.7 Å². The lowest BCUT2D eigenvalue weighted by Crippen LogP contribution is -2.10. The molecule has 2 rings (SSSR count). The van der Waals surface area contributed by atoms with Crippen LogP contribution in [0, 0.1) is 0 Å². The van der Waals surface area contributed by atoms with Crippen LogP contribution < -0.4 is 5.56 Å². The summed E-state index contributed by atoms with van der Waals surface area (Å²) in [5.74, 6) is 0. The zero-order valence-electron chi connectivity index (χ0n) is 7.91. The molecule has 0 aliphatic rings. The molecule has 14 heavy (non-hydrogen) atoms. The Kier molecular flexibility index (Phi) is 2.07. The highest BCUT2D eigenvalue weighted by atomic mass is 35.5. The van der Waals surface area contributed by atoms with Crippen molar-refractivity contribution in [1.29, 1.82) is 0 Å². The maximum absolute atomic E-state index is 11.3. The molecule has 0 spiro atoms. The Bertz CT molecular complexity index is 526. The van der Waals surface area contributed by atoms with Gasteiger partial charge in [-0.3, -0.25) is 4.79 Å². The lowest BCUT2D eigenvalue weighted by atomic mass is 10.3. The third kappa shape index (κ3) is 1.32. The molecule has 0 aliphatic heterocycles. The van der Waals surface area contributed by atoms with E-state index >= 15 is 0 Å². The van der Waals surface area contributed by atoms with Crippen LogP contribution in [0.1, 0.15) is 19.9 Å². The van der Waals surface area contributed by atoms with Crippen molar-refractivity contribution < 1.29 is 0 Å². The van der Waals surface area contributed by atoms with E-state index in [4.69, 9.17) is 11.6 Å². The minimum Gasteiger partial charge on any atom is -0.305 e. The van der Waals surface area contributed by atoms with Gasteiger partial charge in [-0.05, 0) is 19.9 Å². The first-order valence-electron chi connectivity index (χ1n) is 4.35. The summed E-state index contributed by atoms with van der Waals surface area (Å²) in [7, 11) is 0. The van der Waals surface area contributed by atoms with E-state index in [0.717, 1.165) is 11.0 Å². The zero-order valence-corrected chi connectivity index (χ0v) is 8.67. The van der Waals surface area contributed by atoms with Crippen molar-refractivity contribution in [3.05, 3.63) is 27.6 Å². The molecule has 74 valence electrons. The van der Waals surface area contributed by atoms with E-state index in [-0.39, 0.29) is 16.6 Å². The van der Waals surface area contributed by atoms with E-state index < -0.39 is 0 Å². The number of aromatic nitrogens is 3. The fourth-order valence-corrected chi connectivity index (χ4v) is 1.54. The van der Waals surface area contributed by atoms with Crippen molar-refractivity contribution in [3.8, 4) is 0 Å². The lowest BCUT2D eigenvalue weighted by molar-refractivity contribution is 0.546. The molecule has 0 amide bonds.